The van der Waals surface area contributed by atoms with Gasteiger partial charge in [0.1, 0.15) is 0 Å². The zero-order valence-corrected chi connectivity index (χ0v) is 13.0. The van der Waals surface area contributed by atoms with E-state index >= 15 is 0 Å². The maximum Gasteiger partial charge on any atom is 0.269 e. The molecule has 7 heteroatoms. The third-order valence-electron chi connectivity index (χ3n) is 2.90. The van der Waals surface area contributed by atoms with Crippen molar-refractivity contribution in [1.82, 2.24) is 0 Å². The fourth-order valence-electron chi connectivity index (χ4n) is 1.97. The van der Waals surface area contributed by atoms with E-state index in [1.807, 2.05) is 12.1 Å². The first-order chi connectivity index (χ1) is 9.95. The van der Waals surface area contributed by atoms with E-state index in [1.165, 1.54) is 12.1 Å². The average molecular weight is 323 g/mol. The van der Waals surface area contributed by atoms with E-state index in [4.69, 9.17) is 16.3 Å². The van der Waals surface area contributed by atoms with Gasteiger partial charge >= 0.3 is 0 Å². The van der Waals surface area contributed by atoms with Crippen LogP contribution in [0.25, 0.3) is 11.1 Å². The van der Waals surface area contributed by atoms with Crippen LogP contribution in [0.3, 0.4) is 0 Å². The lowest BCUT2D eigenvalue weighted by Gasteiger charge is -2.18. The molecule has 0 aliphatic carbocycles. The van der Waals surface area contributed by atoms with Gasteiger partial charge in [0.05, 0.1) is 11.5 Å². The van der Waals surface area contributed by atoms with E-state index in [0.717, 1.165) is 11.1 Å². The van der Waals surface area contributed by atoms with Gasteiger partial charge in [-0.25, -0.2) is 0 Å². The van der Waals surface area contributed by atoms with Gasteiger partial charge in [0, 0.05) is 17.4 Å². The van der Waals surface area contributed by atoms with Crippen LogP contribution in [-0.4, -0.2) is 16.4 Å². The summed E-state index contributed by atoms with van der Waals surface area (Å²) in [4.78, 5) is 20.6. The van der Waals surface area contributed by atoms with Crippen LogP contribution in [0.1, 0.15) is 6.92 Å². The molecule has 0 heterocycles. The Morgan fingerprint density at radius 3 is 2.43 bits per heavy atom. The molecule has 0 saturated heterocycles. The van der Waals surface area contributed by atoms with Crippen LogP contribution >= 0.6 is 6.49 Å². The summed E-state index contributed by atoms with van der Waals surface area (Å²) in [7, 11) is 0. The van der Waals surface area contributed by atoms with Crippen molar-refractivity contribution in [3.63, 3.8) is 0 Å². The molecule has 0 bridgehead atoms. The van der Waals surface area contributed by atoms with Crippen LogP contribution in [-0.2, 0) is 16.3 Å². The predicted molar refractivity (Wildman–Crippen MR) is 86.3 cm³/mol. The van der Waals surface area contributed by atoms with Crippen LogP contribution in [0.2, 0.25) is 0 Å². The van der Waals surface area contributed by atoms with Gasteiger partial charge in [-0.15, -0.1) is 0 Å². The first kappa shape index (κ1) is 15.8. The molecule has 0 aliphatic heterocycles. The standard InChI is InChI=1S/C14H14NO4PS/c1-2-19-20(18,21)14-6-4-3-5-13(14)11-7-9-12(10-8-11)15(16)17/h3-10H,2H2,1H3,(H,18,21). The Morgan fingerprint density at radius 1 is 1.24 bits per heavy atom. The molecule has 2 aromatic rings. The van der Waals surface area contributed by atoms with E-state index < -0.39 is 11.4 Å². The normalized spacial score (nSPS) is 13.6. The summed E-state index contributed by atoms with van der Waals surface area (Å²) in [6.45, 7) is -0.988. The number of nitro benzene ring substituents is 1. The minimum Gasteiger partial charge on any atom is -0.342 e. The molecule has 0 saturated carbocycles. The Balaban J connectivity index is 2.50. The smallest absolute Gasteiger partial charge is 0.269 e. The minimum atomic E-state index is -3.08. The second-order valence-corrected chi connectivity index (χ2v) is 7.52. The van der Waals surface area contributed by atoms with Gasteiger partial charge in [0.15, 0.2) is 0 Å². The van der Waals surface area contributed by atoms with E-state index in [-0.39, 0.29) is 5.69 Å². The van der Waals surface area contributed by atoms with Crippen molar-refractivity contribution in [1.29, 1.82) is 0 Å². The van der Waals surface area contributed by atoms with Gasteiger partial charge in [-0.1, -0.05) is 18.2 Å². The number of rotatable bonds is 5. The zero-order valence-electron chi connectivity index (χ0n) is 11.3. The fraction of sp³-hybridized carbons (Fsp3) is 0.143. The molecular formula is C14H14NO4PS. The predicted octanol–water partition coefficient (Wildman–Crippen LogP) is 3.23. The molecule has 21 heavy (non-hydrogen) atoms. The molecule has 0 aliphatic rings. The quantitative estimate of drug-likeness (QED) is 0.519. The summed E-state index contributed by atoms with van der Waals surface area (Å²) in [6, 6.07) is 13.3. The molecule has 2 aromatic carbocycles. The lowest BCUT2D eigenvalue weighted by atomic mass is 10.1. The largest absolute Gasteiger partial charge is 0.342 e. The molecule has 0 spiro atoms. The van der Waals surface area contributed by atoms with Crippen molar-refractivity contribution in [2.24, 2.45) is 0 Å². The maximum atomic E-state index is 10.7. The summed E-state index contributed by atoms with van der Waals surface area (Å²) in [5.41, 5.74) is 1.50. The number of hydrogen-bond acceptors (Lipinski definition) is 4. The highest BCUT2D eigenvalue weighted by molar-refractivity contribution is 8.13. The number of nitrogens with zero attached hydrogens (tertiary/aromatic N) is 1. The topological polar surface area (TPSA) is 72.6 Å². The van der Waals surface area contributed by atoms with Crippen LogP contribution in [0.15, 0.2) is 48.5 Å². The molecule has 2 rings (SSSR count). The highest BCUT2D eigenvalue weighted by Gasteiger charge is 2.21. The average Bonchev–Trinajstić information content (AvgIpc) is 2.47. The van der Waals surface area contributed by atoms with Gasteiger partial charge in [0.25, 0.3) is 5.69 Å². The molecule has 110 valence electrons. The highest BCUT2D eigenvalue weighted by atomic mass is 32.5. The third-order valence-corrected chi connectivity index (χ3v) is 5.42. The van der Waals surface area contributed by atoms with Crippen LogP contribution < -0.4 is 5.30 Å². The van der Waals surface area contributed by atoms with Crippen molar-refractivity contribution < 1.29 is 14.3 Å². The van der Waals surface area contributed by atoms with Crippen molar-refractivity contribution in [2.45, 2.75) is 6.92 Å². The van der Waals surface area contributed by atoms with E-state index in [9.17, 15) is 15.0 Å². The van der Waals surface area contributed by atoms with Gasteiger partial charge in [-0.3, -0.25) is 10.1 Å². The Hall–Kier alpha value is -1.59. The number of benzene rings is 2. The first-order valence-corrected chi connectivity index (χ1v) is 8.94. The lowest BCUT2D eigenvalue weighted by Crippen LogP contribution is -2.10. The molecule has 1 N–H and O–H groups in total. The number of non-ortho nitro benzene ring substituents is 1. The third kappa shape index (κ3) is 3.54. The van der Waals surface area contributed by atoms with Crippen LogP contribution in [0.4, 0.5) is 5.69 Å². The minimum absolute atomic E-state index is 0.0180. The zero-order chi connectivity index (χ0) is 15.5. The number of hydrogen-bond donors (Lipinski definition) is 1. The molecule has 1 atom stereocenters. The molecule has 0 radical (unpaired) electrons. The Bertz CT molecular complexity index is 702. The fourth-order valence-corrected chi connectivity index (χ4v) is 4.04. The van der Waals surface area contributed by atoms with Crippen molar-refractivity contribution in [3.8, 4) is 11.1 Å². The lowest BCUT2D eigenvalue weighted by molar-refractivity contribution is -0.384. The van der Waals surface area contributed by atoms with E-state index in [2.05, 4.69) is 0 Å². The summed E-state index contributed by atoms with van der Waals surface area (Å²) in [6.07, 6.45) is 0. The molecule has 0 fully saturated rings. The Morgan fingerprint density at radius 2 is 1.86 bits per heavy atom. The van der Waals surface area contributed by atoms with E-state index in [0.29, 0.717) is 11.9 Å². The highest BCUT2D eigenvalue weighted by Crippen LogP contribution is 2.44. The molecule has 1 unspecified atom stereocenters. The summed E-state index contributed by atoms with van der Waals surface area (Å²) in [5.74, 6) is 0. The second-order valence-electron chi connectivity index (χ2n) is 4.26. The summed E-state index contributed by atoms with van der Waals surface area (Å²) in [5, 5.41) is 11.2. The molecule has 0 amide bonds. The van der Waals surface area contributed by atoms with Gasteiger partial charge in [0.2, 0.25) is 6.49 Å². The van der Waals surface area contributed by atoms with Crippen LogP contribution in [0.5, 0.6) is 0 Å². The summed E-state index contributed by atoms with van der Waals surface area (Å²) >= 11 is 5.20. The summed E-state index contributed by atoms with van der Waals surface area (Å²) < 4.78 is 5.31. The van der Waals surface area contributed by atoms with Gasteiger partial charge < -0.3 is 9.42 Å². The van der Waals surface area contributed by atoms with Crippen molar-refractivity contribution in [2.75, 3.05) is 6.61 Å². The van der Waals surface area contributed by atoms with Crippen LogP contribution in [0, 0.1) is 10.1 Å². The maximum absolute atomic E-state index is 10.7. The van der Waals surface area contributed by atoms with Gasteiger partial charge in [-0.05, 0) is 48.1 Å². The molecule has 5 nitrogen and oxygen atoms in total. The SMILES string of the molecule is CCOP(O)(=S)c1ccccc1-c1ccc([N+](=O)[O-])cc1. The van der Waals surface area contributed by atoms with Crippen molar-refractivity contribution in [3.05, 3.63) is 58.6 Å². The molecular weight excluding hydrogens is 309 g/mol. The first-order valence-electron chi connectivity index (χ1n) is 6.27. The van der Waals surface area contributed by atoms with E-state index in [1.54, 1.807) is 31.2 Å². The second kappa shape index (κ2) is 6.45. The number of nitro groups is 1. The Labute approximate surface area is 127 Å². The monoisotopic (exact) mass is 323 g/mol. The van der Waals surface area contributed by atoms with Crippen molar-refractivity contribution >= 4 is 29.3 Å². The Kier molecular flexibility index (Phi) is 4.85. The molecule has 0 aromatic heterocycles. The van der Waals surface area contributed by atoms with Gasteiger partial charge in [-0.2, -0.15) is 0 Å².